The Kier molecular flexibility index (Phi) is 5.68. The number of methoxy groups -OCH3 is 1. The summed E-state index contributed by atoms with van der Waals surface area (Å²) in [6.45, 7) is 3.91. The van der Waals surface area contributed by atoms with Gasteiger partial charge < -0.3 is 14.8 Å². The molecule has 0 bridgehead atoms. The van der Waals surface area contributed by atoms with Crippen LogP contribution in [0.5, 0.6) is 11.5 Å². The molecule has 152 valence electrons. The highest BCUT2D eigenvalue weighted by atomic mass is 32.1. The third kappa shape index (κ3) is 4.14. The molecule has 6 heteroatoms. The molecule has 0 unspecified atom stereocenters. The number of rotatable bonds is 6. The summed E-state index contributed by atoms with van der Waals surface area (Å²) in [5, 5.41) is 3.79. The molecule has 4 rings (SSSR count). The molecule has 4 aromatic rings. The maximum absolute atomic E-state index is 12.5. The smallest absolute Gasteiger partial charge is 0.262 e. The van der Waals surface area contributed by atoms with Gasteiger partial charge in [-0.15, -0.1) is 11.3 Å². The Balaban J connectivity index is 1.53. The summed E-state index contributed by atoms with van der Waals surface area (Å²) < 4.78 is 12.3. The first-order valence-electron chi connectivity index (χ1n) is 9.58. The molecule has 0 spiro atoms. The average molecular weight is 419 g/mol. The molecule has 1 heterocycles. The maximum Gasteiger partial charge on any atom is 0.262 e. The maximum atomic E-state index is 12.5. The van der Waals surface area contributed by atoms with Crippen LogP contribution in [0, 0.1) is 13.8 Å². The van der Waals surface area contributed by atoms with Crippen molar-refractivity contribution in [2.75, 3.05) is 19.0 Å². The largest absolute Gasteiger partial charge is 0.495 e. The first-order chi connectivity index (χ1) is 14.5. The SMILES string of the molecule is COc1ccc(-c2nc3ccccc3s2)cc1NC(=O)COc1cccc(C)c1C. The highest BCUT2D eigenvalue weighted by molar-refractivity contribution is 7.21. The Morgan fingerprint density at radius 1 is 1.03 bits per heavy atom. The van der Waals surface area contributed by atoms with Gasteiger partial charge in [-0.05, 0) is 61.4 Å². The molecule has 0 aliphatic carbocycles. The van der Waals surface area contributed by atoms with E-state index in [1.807, 2.05) is 74.5 Å². The number of anilines is 1. The predicted octanol–water partition coefficient (Wildman–Crippen LogP) is 5.61. The number of para-hydroxylation sites is 1. The van der Waals surface area contributed by atoms with E-state index in [1.54, 1.807) is 18.4 Å². The lowest BCUT2D eigenvalue weighted by molar-refractivity contribution is -0.118. The minimum absolute atomic E-state index is 0.0845. The Hall–Kier alpha value is -3.38. The van der Waals surface area contributed by atoms with E-state index in [2.05, 4.69) is 5.32 Å². The molecule has 1 N–H and O–H groups in total. The first kappa shape index (κ1) is 19.9. The number of hydrogen-bond acceptors (Lipinski definition) is 5. The van der Waals surface area contributed by atoms with Crippen molar-refractivity contribution in [3.05, 3.63) is 71.8 Å². The standard InChI is InChI=1S/C24H22N2O3S/c1-15-7-6-9-20(16(15)2)29-14-23(27)25-19-13-17(11-12-21(19)28-3)24-26-18-8-4-5-10-22(18)30-24/h4-13H,14H2,1-3H3,(H,25,27). The number of ether oxygens (including phenoxy) is 2. The lowest BCUT2D eigenvalue weighted by Gasteiger charge is -2.13. The molecule has 0 saturated heterocycles. The fraction of sp³-hybridized carbons (Fsp3) is 0.167. The highest BCUT2D eigenvalue weighted by Crippen LogP contribution is 2.34. The van der Waals surface area contributed by atoms with Gasteiger partial charge in [-0.3, -0.25) is 4.79 Å². The van der Waals surface area contributed by atoms with E-state index in [0.717, 1.165) is 31.9 Å². The molecule has 1 amide bonds. The summed E-state index contributed by atoms with van der Waals surface area (Å²) in [6.07, 6.45) is 0. The summed E-state index contributed by atoms with van der Waals surface area (Å²) in [5.74, 6) is 1.04. The lowest BCUT2D eigenvalue weighted by Crippen LogP contribution is -2.20. The number of nitrogens with one attached hydrogen (secondary N) is 1. The molecule has 0 saturated carbocycles. The van der Waals surface area contributed by atoms with Crippen LogP contribution in [0.2, 0.25) is 0 Å². The fourth-order valence-corrected chi connectivity index (χ4v) is 4.11. The van der Waals surface area contributed by atoms with Gasteiger partial charge in [0.15, 0.2) is 6.61 Å². The van der Waals surface area contributed by atoms with Crippen molar-refractivity contribution >= 4 is 33.1 Å². The molecule has 0 aliphatic heterocycles. The van der Waals surface area contributed by atoms with E-state index in [9.17, 15) is 4.79 Å². The van der Waals surface area contributed by atoms with Crippen molar-refractivity contribution in [3.8, 4) is 22.1 Å². The zero-order chi connectivity index (χ0) is 21.1. The van der Waals surface area contributed by atoms with Gasteiger partial charge in [-0.1, -0.05) is 24.3 Å². The topological polar surface area (TPSA) is 60.5 Å². The molecular weight excluding hydrogens is 396 g/mol. The van der Waals surface area contributed by atoms with Crippen LogP contribution in [-0.4, -0.2) is 24.6 Å². The number of benzene rings is 3. The van der Waals surface area contributed by atoms with Crippen LogP contribution in [-0.2, 0) is 4.79 Å². The van der Waals surface area contributed by atoms with Crippen LogP contribution >= 0.6 is 11.3 Å². The van der Waals surface area contributed by atoms with Gasteiger partial charge >= 0.3 is 0 Å². The number of thiazole rings is 1. The molecule has 1 aromatic heterocycles. The van der Waals surface area contributed by atoms with Crippen molar-refractivity contribution in [2.24, 2.45) is 0 Å². The monoisotopic (exact) mass is 418 g/mol. The quantitative estimate of drug-likeness (QED) is 0.442. The Morgan fingerprint density at radius 3 is 2.67 bits per heavy atom. The van der Waals surface area contributed by atoms with Crippen molar-refractivity contribution in [1.82, 2.24) is 4.98 Å². The molecule has 30 heavy (non-hydrogen) atoms. The van der Waals surface area contributed by atoms with Gasteiger partial charge in [0.1, 0.15) is 16.5 Å². The third-order valence-corrected chi connectivity index (χ3v) is 6.01. The predicted molar refractivity (Wildman–Crippen MR) is 122 cm³/mol. The van der Waals surface area contributed by atoms with Crippen LogP contribution in [0.15, 0.2) is 60.7 Å². The van der Waals surface area contributed by atoms with Crippen LogP contribution in [0.25, 0.3) is 20.8 Å². The van der Waals surface area contributed by atoms with Crippen molar-refractivity contribution in [2.45, 2.75) is 13.8 Å². The lowest BCUT2D eigenvalue weighted by atomic mass is 10.1. The van der Waals surface area contributed by atoms with Crippen LogP contribution in [0.1, 0.15) is 11.1 Å². The van der Waals surface area contributed by atoms with Crippen molar-refractivity contribution < 1.29 is 14.3 Å². The molecule has 3 aromatic carbocycles. The number of carbonyl (C=O) groups is 1. The second-order valence-corrected chi connectivity index (χ2v) is 7.97. The van der Waals surface area contributed by atoms with Crippen molar-refractivity contribution in [3.63, 3.8) is 0 Å². The van der Waals surface area contributed by atoms with E-state index in [1.165, 1.54) is 0 Å². The van der Waals surface area contributed by atoms with Gasteiger partial charge in [0.05, 0.1) is 23.0 Å². The van der Waals surface area contributed by atoms with Gasteiger partial charge in [-0.25, -0.2) is 4.98 Å². The van der Waals surface area contributed by atoms with Gasteiger partial charge in [0.25, 0.3) is 5.91 Å². The van der Waals surface area contributed by atoms with E-state index < -0.39 is 0 Å². The third-order valence-electron chi connectivity index (χ3n) is 4.93. The zero-order valence-electron chi connectivity index (χ0n) is 17.1. The first-order valence-corrected chi connectivity index (χ1v) is 10.4. The summed E-state index contributed by atoms with van der Waals surface area (Å²) in [5.41, 5.74) is 4.62. The second-order valence-electron chi connectivity index (χ2n) is 6.94. The Bertz CT molecular complexity index is 1180. The minimum Gasteiger partial charge on any atom is -0.495 e. The summed E-state index contributed by atoms with van der Waals surface area (Å²) in [7, 11) is 1.58. The molecule has 0 fully saturated rings. The zero-order valence-corrected chi connectivity index (χ0v) is 17.9. The normalized spacial score (nSPS) is 10.8. The number of aromatic nitrogens is 1. The molecule has 5 nitrogen and oxygen atoms in total. The van der Waals surface area contributed by atoms with Crippen LogP contribution in [0.3, 0.4) is 0 Å². The van der Waals surface area contributed by atoms with E-state index >= 15 is 0 Å². The van der Waals surface area contributed by atoms with Crippen LogP contribution < -0.4 is 14.8 Å². The summed E-state index contributed by atoms with van der Waals surface area (Å²) >= 11 is 1.61. The number of amides is 1. The molecule has 0 atom stereocenters. The van der Waals surface area contributed by atoms with E-state index in [-0.39, 0.29) is 12.5 Å². The molecule has 0 radical (unpaired) electrons. The van der Waals surface area contributed by atoms with E-state index in [0.29, 0.717) is 17.2 Å². The van der Waals surface area contributed by atoms with E-state index in [4.69, 9.17) is 14.5 Å². The average Bonchev–Trinajstić information content (AvgIpc) is 3.19. The van der Waals surface area contributed by atoms with Crippen molar-refractivity contribution in [1.29, 1.82) is 0 Å². The summed E-state index contributed by atoms with van der Waals surface area (Å²) in [6, 6.07) is 19.5. The number of carbonyl (C=O) groups excluding carboxylic acids is 1. The Labute approximate surface area is 179 Å². The number of fused-ring (bicyclic) bond motifs is 1. The number of nitrogens with zero attached hydrogens (tertiary/aromatic N) is 1. The number of aryl methyl sites for hydroxylation is 1. The van der Waals surface area contributed by atoms with Gasteiger partial charge in [0.2, 0.25) is 0 Å². The summed E-state index contributed by atoms with van der Waals surface area (Å²) in [4.78, 5) is 17.2. The van der Waals surface area contributed by atoms with Gasteiger partial charge in [-0.2, -0.15) is 0 Å². The number of hydrogen-bond donors (Lipinski definition) is 1. The van der Waals surface area contributed by atoms with Crippen LogP contribution in [0.4, 0.5) is 5.69 Å². The second kappa shape index (κ2) is 8.55. The van der Waals surface area contributed by atoms with Gasteiger partial charge in [0, 0.05) is 5.56 Å². The Morgan fingerprint density at radius 2 is 1.87 bits per heavy atom. The highest BCUT2D eigenvalue weighted by Gasteiger charge is 2.13. The molecular formula is C24H22N2O3S. The fourth-order valence-electron chi connectivity index (χ4n) is 3.14. The minimum atomic E-state index is -0.254. The molecule has 0 aliphatic rings.